The molecule has 19 heavy (non-hydrogen) atoms. The van der Waals surface area contributed by atoms with Gasteiger partial charge in [0.2, 0.25) is 0 Å². The van der Waals surface area contributed by atoms with Gasteiger partial charge in [-0.25, -0.2) is 0 Å². The molecule has 1 amide bonds. The average Bonchev–Trinajstić information content (AvgIpc) is 2.28. The molecule has 1 atom stereocenters. The number of amides is 1. The molecule has 0 aliphatic heterocycles. The van der Waals surface area contributed by atoms with Gasteiger partial charge in [-0.2, -0.15) is 0 Å². The van der Waals surface area contributed by atoms with Gasteiger partial charge < -0.3 is 15.3 Å². The molecule has 0 bridgehead atoms. The van der Waals surface area contributed by atoms with Crippen molar-refractivity contribution in [2.75, 3.05) is 27.2 Å². The average molecular weight is 285 g/mol. The number of benzene rings is 1. The normalized spacial score (nSPS) is 14.3. The summed E-state index contributed by atoms with van der Waals surface area (Å²) in [4.78, 5) is 13.8. The van der Waals surface area contributed by atoms with E-state index in [9.17, 15) is 9.90 Å². The van der Waals surface area contributed by atoms with E-state index in [1.807, 2.05) is 25.9 Å². The monoisotopic (exact) mass is 284 g/mol. The third kappa shape index (κ3) is 5.19. The molecule has 5 heteroatoms. The number of halogens is 1. The van der Waals surface area contributed by atoms with Gasteiger partial charge in [-0.05, 0) is 51.7 Å². The summed E-state index contributed by atoms with van der Waals surface area (Å²) in [6.07, 6.45) is 0. The van der Waals surface area contributed by atoms with Gasteiger partial charge in [0.1, 0.15) is 0 Å². The van der Waals surface area contributed by atoms with Crippen molar-refractivity contribution in [3.8, 4) is 0 Å². The third-order valence-electron chi connectivity index (χ3n) is 2.71. The van der Waals surface area contributed by atoms with Crippen molar-refractivity contribution < 1.29 is 9.90 Å². The largest absolute Gasteiger partial charge is 0.387 e. The fourth-order valence-corrected chi connectivity index (χ4v) is 2.01. The first-order valence-corrected chi connectivity index (χ1v) is 6.50. The zero-order valence-electron chi connectivity index (χ0n) is 11.8. The summed E-state index contributed by atoms with van der Waals surface area (Å²) in [7, 11) is 3.75. The van der Waals surface area contributed by atoms with E-state index in [0.717, 1.165) is 5.56 Å². The van der Waals surface area contributed by atoms with E-state index < -0.39 is 5.60 Å². The molecule has 0 radical (unpaired) electrons. The summed E-state index contributed by atoms with van der Waals surface area (Å²) in [6.45, 7) is 4.22. The number of hydrogen-bond donors (Lipinski definition) is 2. The fraction of sp³-hybridized carbons (Fsp3) is 0.500. The molecule has 1 rings (SSSR count). The van der Waals surface area contributed by atoms with E-state index in [4.69, 9.17) is 11.6 Å². The van der Waals surface area contributed by atoms with Gasteiger partial charge in [0.05, 0.1) is 5.60 Å². The molecular weight excluding hydrogens is 264 g/mol. The standard InChI is InChI=1S/C14H21ClN2O2/c1-10-7-11(5-6-12(10)15)13(18)16-8-14(2,19)9-17(3)4/h5-7,19H,8-9H2,1-4H3,(H,16,18). The van der Waals surface area contributed by atoms with E-state index in [1.165, 1.54) is 0 Å². The SMILES string of the molecule is Cc1cc(C(=O)NCC(C)(O)CN(C)C)ccc1Cl. The molecule has 0 aromatic heterocycles. The Bertz CT molecular complexity index is 459. The lowest BCUT2D eigenvalue weighted by Gasteiger charge is -2.27. The molecule has 0 saturated heterocycles. The van der Waals surface area contributed by atoms with Crippen LogP contribution in [0.15, 0.2) is 18.2 Å². The molecule has 0 saturated carbocycles. The van der Waals surface area contributed by atoms with E-state index in [0.29, 0.717) is 17.1 Å². The lowest BCUT2D eigenvalue weighted by molar-refractivity contribution is 0.0326. The summed E-state index contributed by atoms with van der Waals surface area (Å²) in [5.41, 5.74) is 0.442. The minimum Gasteiger partial charge on any atom is -0.387 e. The molecule has 1 unspecified atom stereocenters. The van der Waals surface area contributed by atoms with Crippen LogP contribution in [0.4, 0.5) is 0 Å². The maximum absolute atomic E-state index is 12.0. The molecule has 0 aliphatic carbocycles. The zero-order chi connectivity index (χ0) is 14.6. The maximum atomic E-state index is 12.0. The third-order valence-corrected chi connectivity index (χ3v) is 3.13. The van der Waals surface area contributed by atoms with Crippen LogP contribution in [-0.4, -0.2) is 48.7 Å². The number of aliphatic hydroxyl groups is 1. The van der Waals surface area contributed by atoms with Crippen LogP contribution in [0.2, 0.25) is 5.02 Å². The van der Waals surface area contributed by atoms with Gasteiger partial charge in [-0.15, -0.1) is 0 Å². The predicted molar refractivity (Wildman–Crippen MR) is 77.7 cm³/mol. The van der Waals surface area contributed by atoms with Crippen LogP contribution in [0, 0.1) is 6.92 Å². The first-order valence-electron chi connectivity index (χ1n) is 6.13. The number of nitrogens with one attached hydrogen (secondary N) is 1. The smallest absolute Gasteiger partial charge is 0.251 e. The summed E-state index contributed by atoms with van der Waals surface area (Å²) < 4.78 is 0. The Morgan fingerprint density at radius 2 is 2.11 bits per heavy atom. The van der Waals surface area contributed by atoms with Crippen molar-refractivity contribution in [1.29, 1.82) is 0 Å². The van der Waals surface area contributed by atoms with Crippen molar-refractivity contribution in [3.05, 3.63) is 34.3 Å². The number of nitrogens with zero attached hydrogens (tertiary/aromatic N) is 1. The van der Waals surface area contributed by atoms with Crippen molar-refractivity contribution >= 4 is 17.5 Å². The summed E-state index contributed by atoms with van der Waals surface area (Å²) in [5.74, 6) is -0.209. The van der Waals surface area contributed by atoms with Crippen LogP contribution in [0.1, 0.15) is 22.8 Å². The molecule has 106 valence electrons. The Balaban J connectivity index is 2.62. The lowest BCUT2D eigenvalue weighted by Crippen LogP contribution is -2.47. The number of hydrogen-bond acceptors (Lipinski definition) is 3. The Kier molecular flexibility index (Phi) is 5.35. The molecule has 4 nitrogen and oxygen atoms in total. The topological polar surface area (TPSA) is 52.6 Å². The summed E-state index contributed by atoms with van der Waals surface area (Å²) in [5, 5.41) is 13.5. The van der Waals surface area contributed by atoms with Crippen LogP contribution in [0.25, 0.3) is 0 Å². The Hall–Kier alpha value is -1.10. The van der Waals surface area contributed by atoms with E-state index in [2.05, 4.69) is 5.32 Å². The van der Waals surface area contributed by atoms with Crippen molar-refractivity contribution in [2.45, 2.75) is 19.4 Å². The Morgan fingerprint density at radius 1 is 1.47 bits per heavy atom. The number of likely N-dealkylation sites (N-methyl/N-ethyl adjacent to an activating group) is 1. The predicted octanol–water partition coefficient (Wildman–Crippen LogP) is 1.69. The quantitative estimate of drug-likeness (QED) is 0.865. The molecular formula is C14H21ClN2O2. The molecule has 1 aromatic rings. The summed E-state index contributed by atoms with van der Waals surface area (Å²) in [6, 6.07) is 5.10. The Labute approximate surface area is 119 Å². The summed E-state index contributed by atoms with van der Waals surface area (Å²) >= 11 is 5.92. The highest BCUT2D eigenvalue weighted by Crippen LogP contribution is 2.16. The molecule has 2 N–H and O–H groups in total. The van der Waals surface area contributed by atoms with Gasteiger partial charge in [-0.3, -0.25) is 4.79 Å². The first-order chi connectivity index (χ1) is 8.71. The highest BCUT2D eigenvalue weighted by Gasteiger charge is 2.22. The highest BCUT2D eigenvalue weighted by atomic mass is 35.5. The molecule has 0 spiro atoms. The lowest BCUT2D eigenvalue weighted by atomic mass is 10.1. The van der Waals surface area contributed by atoms with Crippen molar-refractivity contribution in [3.63, 3.8) is 0 Å². The minimum atomic E-state index is -0.958. The van der Waals surface area contributed by atoms with Crippen molar-refractivity contribution in [2.24, 2.45) is 0 Å². The zero-order valence-corrected chi connectivity index (χ0v) is 12.6. The number of carbonyl (C=O) groups is 1. The molecule has 0 aliphatic rings. The number of rotatable bonds is 5. The van der Waals surface area contributed by atoms with Crippen LogP contribution >= 0.6 is 11.6 Å². The fourth-order valence-electron chi connectivity index (χ4n) is 1.90. The van der Waals surface area contributed by atoms with E-state index in [1.54, 1.807) is 25.1 Å². The molecule has 1 aromatic carbocycles. The van der Waals surface area contributed by atoms with Crippen molar-refractivity contribution in [1.82, 2.24) is 10.2 Å². The van der Waals surface area contributed by atoms with Crippen LogP contribution < -0.4 is 5.32 Å². The second kappa shape index (κ2) is 6.37. The van der Waals surface area contributed by atoms with Gasteiger partial charge in [0, 0.05) is 23.7 Å². The molecule has 0 fully saturated rings. The van der Waals surface area contributed by atoms with E-state index >= 15 is 0 Å². The minimum absolute atomic E-state index is 0.200. The second-order valence-electron chi connectivity index (χ2n) is 5.38. The first kappa shape index (κ1) is 16.0. The van der Waals surface area contributed by atoms with Gasteiger partial charge >= 0.3 is 0 Å². The second-order valence-corrected chi connectivity index (χ2v) is 5.79. The van der Waals surface area contributed by atoms with E-state index in [-0.39, 0.29) is 12.5 Å². The maximum Gasteiger partial charge on any atom is 0.251 e. The van der Waals surface area contributed by atoms with Crippen LogP contribution in [0.5, 0.6) is 0 Å². The Morgan fingerprint density at radius 3 is 2.63 bits per heavy atom. The van der Waals surface area contributed by atoms with Gasteiger partial charge in [0.15, 0.2) is 0 Å². The number of carbonyl (C=O) groups excluding carboxylic acids is 1. The highest BCUT2D eigenvalue weighted by molar-refractivity contribution is 6.31. The van der Waals surface area contributed by atoms with Crippen LogP contribution in [-0.2, 0) is 0 Å². The number of aryl methyl sites for hydroxylation is 1. The van der Waals surface area contributed by atoms with Gasteiger partial charge in [0.25, 0.3) is 5.91 Å². The van der Waals surface area contributed by atoms with Gasteiger partial charge in [-0.1, -0.05) is 11.6 Å². The molecule has 0 heterocycles. The van der Waals surface area contributed by atoms with Crippen LogP contribution in [0.3, 0.4) is 0 Å².